The van der Waals surface area contributed by atoms with Crippen molar-refractivity contribution in [2.45, 2.75) is 24.9 Å². The van der Waals surface area contributed by atoms with Gasteiger partial charge in [-0.05, 0) is 41.8 Å². The van der Waals surface area contributed by atoms with Crippen LogP contribution in [-0.4, -0.2) is 26.1 Å². The van der Waals surface area contributed by atoms with Crippen LogP contribution in [0.1, 0.15) is 35.8 Å². The Bertz CT molecular complexity index is 1230. The number of H-pyrrole nitrogens is 1. The van der Waals surface area contributed by atoms with Gasteiger partial charge in [0.25, 0.3) is 5.56 Å². The van der Waals surface area contributed by atoms with Crippen molar-refractivity contribution in [2.75, 3.05) is 5.75 Å². The number of hydrogen-bond donors (Lipinski definition) is 1. The summed E-state index contributed by atoms with van der Waals surface area (Å²) in [6.07, 6.45) is 1.72. The predicted octanol–water partition coefficient (Wildman–Crippen LogP) is 4.81. The van der Waals surface area contributed by atoms with Gasteiger partial charge in [0, 0.05) is 6.20 Å². The highest BCUT2D eigenvalue weighted by Crippen LogP contribution is 2.27. The number of para-hydroxylation sites is 2. The van der Waals surface area contributed by atoms with Crippen molar-refractivity contribution in [1.82, 2.24) is 14.5 Å². The second-order valence-corrected chi connectivity index (χ2v) is 8.00. The number of hydrogen-bond acceptors (Lipinski definition) is 4. The van der Waals surface area contributed by atoms with E-state index in [1.165, 1.54) is 11.8 Å². The number of Topliss-reactive ketones (excluding diaryl/α,β-unsaturated/α-hetero) is 1. The van der Waals surface area contributed by atoms with Crippen LogP contribution < -0.4 is 5.56 Å². The van der Waals surface area contributed by atoms with Crippen molar-refractivity contribution >= 4 is 28.4 Å². The van der Waals surface area contributed by atoms with Gasteiger partial charge in [-0.25, -0.2) is 4.98 Å². The van der Waals surface area contributed by atoms with Gasteiger partial charge >= 0.3 is 0 Å². The minimum absolute atomic E-state index is 0.0360. The van der Waals surface area contributed by atoms with Gasteiger partial charge in [-0.2, -0.15) is 0 Å². The number of thioether (sulfide) groups is 1. The molecule has 6 heteroatoms. The molecule has 29 heavy (non-hydrogen) atoms. The number of fused-ring (bicyclic) bond motifs is 1. The fraction of sp³-hybridized carbons (Fsp3) is 0.174. The van der Waals surface area contributed by atoms with E-state index in [0.717, 1.165) is 11.3 Å². The molecule has 0 bridgehead atoms. The highest BCUT2D eigenvalue weighted by atomic mass is 32.2. The number of ketones is 1. The lowest BCUT2D eigenvalue weighted by Crippen LogP contribution is -2.23. The van der Waals surface area contributed by atoms with Crippen LogP contribution in [0.4, 0.5) is 0 Å². The topological polar surface area (TPSA) is 67.8 Å². The van der Waals surface area contributed by atoms with E-state index in [1.807, 2.05) is 42.5 Å². The summed E-state index contributed by atoms with van der Waals surface area (Å²) in [5.41, 5.74) is 2.92. The second-order valence-electron chi connectivity index (χ2n) is 7.06. The summed E-state index contributed by atoms with van der Waals surface area (Å²) >= 11 is 1.28. The maximum atomic E-state index is 13.4. The number of aromatic amines is 1. The molecule has 2 heterocycles. The Kier molecular flexibility index (Phi) is 5.36. The smallest absolute Gasteiger partial charge is 0.266 e. The van der Waals surface area contributed by atoms with Crippen LogP contribution >= 0.6 is 11.8 Å². The molecule has 0 saturated carbocycles. The van der Waals surface area contributed by atoms with Crippen molar-refractivity contribution in [3.8, 4) is 5.69 Å². The van der Waals surface area contributed by atoms with E-state index in [0.29, 0.717) is 21.8 Å². The molecule has 0 radical (unpaired) electrons. The third-order valence-corrected chi connectivity index (χ3v) is 5.71. The number of carbonyl (C=O) groups is 1. The minimum Gasteiger partial charge on any atom is -0.359 e. The summed E-state index contributed by atoms with van der Waals surface area (Å²) in [5.74, 6) is 0.392. The monoisotopic (exact) mass is 403 g/mol. The van der Waals surface area contributed by atoms with Gasteiger partial charge in [0.15, 0.2) is 10.9 Å². The lowest BCUT2D eigenvalue weighted by atomic mass is 10.0. The average molecular weight is 404 g/mol. The summed E-state index contributed by atoms with van der Waals surface area (Å²) in [7, 11) is 0. The molecular formula is C23H21N3O2S. The lowest BCUT2D eigenvalue weighted by molar-refractivity contribution is 0.101. The summed E-state index contributed by atoms with van der Waals surface area (Å²) in [4.78, 5) is 33.6. The molecule has 146 valence electrons. The summed E-state index contributed by atoms with van der Waals surface area (Å²) in [5, 5.41) is 1.08. The zero-order valence-electron chi connectivity index (χ0n) is 16.3. The first kappa shape index (κ1) is 19.2. The van der Waals surface area contributed by atoms with E-state index in [2.05, 4.69) is 18.8 Å². The van der Waals surface area contributed by atoms with Crippen molar-refractivity contribution < 1.29 is 4.79 Å². The quantitative estimate of drug-likeness (QED) is 0.285. The maximum absolute atomic E-state index is 13.4. The Labute approximate surface area is 172 Å². The Hall–Kier alpha value is -3.12. The number of nitrogens with one attached hydrogen (secondary N) is 1. The molecule has 0 aliphatic carbocycles. The zero-order valence-corrected chi connectivity index (χ0v) is 17.1. The van der Waals surface area contributed by atoms with Crippen LogP contribution in [0.2, 0.25) is 0 Å². The number of rotatable bonds is 6. The highest BCUT2D eigenvalue weighted by molar-refractivity contribution is 7.99. The number of nitrogens with zero attached hydrogens (tertiary/aromatic N) is 2. The molecule has 4 rings (SSSR count). The third kappa shape index (κ3) is 3.76. The predicted molar refractivity (Wildman–Crippen MR) is 117 cm³/mol. The average Bonchev–Trinajstić information content (AvgIpc) is 3.27. The molecule has 0 spiro atoms. The van der Waals surface area contributed by atoms with E-state index in [9.17, 15) is 9.59 Å². The lowest BCUT2D eigenvalue weighted by Gasteiger charge is -2.18. The molecule has 0 fully saturated rings. The standard InChI is InChI=1S/C23H21N3O2S/c1-15(2)16-8-4-6-12-20(16)26-22(28)17-9-3-5-10-18(17)25-23(26)29-14-21(27)19-11-7-13-24-19/h3-13,15,24H,14H2,1-2H3. The molecule has 5 nitrogen and oxygen atoms in total. The van der Waals surface area contributed by atoms with Crippen molar-refractivity contribution in [3.63, 3.8) is 0 Å². The molecule has 0 aliphatic heterocycles. The van der Waals surface area contributed by atoms with Gasteiger partial charge in [0.05, 0.1) is 28.0 Å². The van der Waals surface area contributed by atoms with E-state index in [4.69, 9.17) is 4.98 Å². The molecule has 4 aromatic rings. The van der Waals surface area contributed by atoms with E-state index in [1.54, 1.807) is 29.0 Å². The normalized spacial score (nSPS) is 11.3. The van der Waals surface area contributed by atoms with Gasteiger partial charge in [-0.1, -0.05) is 55.9 Å². The molecule has 0 amide bonds. The molecule has 0 aliphatic rings. The first-order valence-electron chi connectivity index (χ1n) is 9.46. The van der Waals surface area contributed by atoms with E-state index in [-0.39, 0.29) is 23.0 Å². The van der Waals surface area contributed by atoms with Crippen LogP contribution in [-0.2, 0) is 0 Å². The van der Waals surface area contributed by atoms with Gasteiger partial charge in [0.2, 0.25) is 0 Å². The largest absolute Gasteiger partial charge is 0.359 e. The van der Waals surface area contributed by atoms with Crippen LogP contribution in [0.5, 0.6) is 0 Å². The molecule has 2 aromatic carbocycles. The first-order valence-corrected chi connectivity index (χ1v) is 10.5. The molecule has 0 atom stereocenters. The van der Waals surface area contributed by atoms with Gasteiger partial charge in [0.1, 0.15) is 0 Å². The van der Waals surface area contributed by atoms with E-state index < -0.39 is 0 Å². The fourth-order valence-corrected chi connectivity index (χ4v) is 4.20. The van der Waals surface area contributed by atoms with Gasteiger partial charge < -0.3 is 4.98 Å². The molecule has 1 N–H and O–H groups in total. The highest BCUT2D eigenvalue weighted by Gasteiger charge is 2.18. The minimum atomic E-state index is -0.126. The Morgan fingerprint density at radius 2 is 1.83 bits per heavy atom. The molecule has 0 saturated heterocycles. The summed E-state index contributed by atoms with van der Waals surface area (Å²) in [6.45, 7) is 4.19. The first-order chi connectivity index (χ1) is 14.1. The van der Waals surface area contributed by atoms with Crippen molar-refractivity contribution in [3.05, 3.63) is 88.5 Å². The molecule has 0 unspecified atom stereocenters. The second kappa shape index (κ2) is 8.09. The van der Waals surface area contributed by atoms with Crippen LogP contribution in [0.25, 0.3) is 16.6 Å². The maximum Gasteiger partial charge on any atom is 0.266 e. The number of aromatic nitrogens is 3. The van der Waals surface area contributed by atoms with Gasteiger partial charge in [-0.15, -0.1) is 0 Å². The Morgan fingerprint density at radius 1 is 1.07 bits per heavy atom. The number of carbonyl (C=O) groups excluding carboxylic acids is 1. The molecular weight excluding hydrogens is 382 g/mol. The fourth-order valence-electron chi connectivity index (χ4n) is 3.31. The van der Waals surface area contributed by atoms with Crippen LogP contribution in [0, 0.1) is 0 Å². The third-order valence-electron chi connectivity index (χ3n) is 4.78. The van der Waals surface area contributed by atoms with Crippen LogP contribution in [0.15, 0.2) is 76.8 Å². The summed E-state index contributed by atoms with van der Waals surface area (Å²) < 4.78 is 1.64. The van der Waals surface area contributed by atoms with Crippen molar-refractivity contribution in [1.29, 1.82) is 0 Å². The number of benzene rings is 2. The SMILES string of the molecule is CC(C)c1ccccc1-n1c(SCC(=O)c2ccc[nH]2)nc2ccccc2c1=O. The van der Waals surface area contributed by atoms with E-state index >= 15 is 0 Å². The zero-order chi connectivity index (χ0) is 20.4. The van der Waals surface area contributed by atoms with Gasteiger partial charge in [-0.3, -0.25) is 14.2 Å². The Morgan fingerprint density at radius 3 is 2.59 bits per heavy atom. The Balaban J connectivity index is 1.86. The molecule has 2 aromatic heterocycles. The van der Waals surface area contributed by atoms with Crippen LogP contribution in [0.3, 0.4) is 0 Å². The summed E-state index contributed by atoms with van der Waals surface area (Å²) in [6, 6.07) is 18.7. The van der Waals surface area contributed by atoms with Crippen molar-refractivity contribution in [2.24, 2.45) is 0 Å².